The number of Topliss-reactive ketones (excluding diaryl/α,β-unsaturated/α-hetero) is 1. The minimum absolute atomic E-state index is 0.00981. The van der Waals surface area contributed by atoms with E-state index in [-0.39, 0.29) is 5.78 Å². The predicted octanol–water partition coefficient (Wildman–Crippen LogP) is 3.36. The number of hydrogen-bond donors (Lipinski definition) is 1. The molecule has 1 aliphatic rings. The number of ketones is 1. The van der Waals surface area contributed by atoms with Crippen LogP contribution in [0.25, 0.3) is 0 Å². The first-order valence-corrected chi connectivity index (χ1v) is 7.22. The Kier molecular flexibility index (Phi) is 4.10. The van der Waals surface area contributed by atoms with Crippen LogP contribution in [-0.2, 0) is 11.2 Å². The summed E-state index contributed by atoms with van der Waals surface area (Å²) in [4.78, 5) is 12.4. The van der Waals surface area contributed by atoms with E-state index in [4.69, 9.17) is 0 Å². The average Bonchev–Trinajstić information content (AvgIpc) is 2.32. The van der Waals surface area contributed by atoms with E-state index < -0.39 is 5.60 Å². The molecule has 1 aliphatic carbocycles. The van der Waals surface area contributed by atoms with Crippen LogP contribution in [0.15, 0.2) is 18.2 Å². The van der Waals surface area contributed by atoms with Crippen molar-refractivity contribution in [1.29, 1.82) is 0 Å². The summed E-state index contributed by atoms with van der Waals surface area (Å²) in [6.07, 6.45) is 3.51. The van der Waals surface area contributed by atoms with E-state index in [0.717, 1.165) is 18.4 Å². The van der Waals surface area contributed by atoms with Crippen LogP contribution in [0.1, 0.15) is 49.3 Å². The molecular weight excluding hydrogens is 236 g/mol. The highest BCUT2D eigenvalue weighted by Crippen LogP contribution is 2.33. The van der Waals surface area contributed by atoms with Crippen LogP contribution < -0.4 is 0 Å². The Labute approximate surface area is 115 Å². The molecule has 0 spiro atoms. The lowest BCUT2D eigenvalue weighted by Gasteiger charge is -2.33. The normalized spacial score (nSPS) is 27.3. The summed E-state index contributed by atoms with van der Waals surface area (Å²) in [7, 11) is 0. The van der Waals surface area contributed by atoms with E-state index in [1.165, 1.54) is 11.1 Å². The van der Waals surface area contributed by atoms with Crippen molar-refractivity contribution in [2.75, 3.05) is 0 Å². The summed E-state index contributed by atoms with van der Waals surface area (Å²) in [5.74, 6) is 0.624. The summed E-state index contributed by atoms with van der Waals surface area (Å²) in [5.41, 5.74) is 2.29. The molecule has 1 saturated carbocycles. The molecule has 0 bridgehead atoms. The van der Waals surface area contributed by atoms with Gasteiger partial charge >= 0.3 is 0 Å². The van der Waals surface area contributed by atoms with Gasteiger partial charge in [-0.15, -0.1) is 0 Å². The standard InChI is InChI=1S/C17H24O2/c1-12-4-6-17(19,7-5-12)16(18)11-15-9-13(2)8-14(3)10-15/h8-10,12,19H,4-7,11H2,1-3H3. The fraction of sp³-hybridized carbons (Fsp3) is 0.588. The van der Waals surface area contributed by atoms with E-state index in [0.29, 0.717) is 25.2 Å². The molecule has 19 heavy (non-hydrogen) atoms. The van der Waals surface area contributed by atoms with Crippen LogP contribution in [0.2, 0.25) is 0 Å². The molecule has 1 fully saturated rings. The molecule has 2 rings (SSSR count). The molecular formula is C17H24O2. The first-order valence-electron chi connectivity index (χ1n) is 7.22. The van der Waals surface area contributed by atoms with Crippen molar-refractivity contribution in [2.45, 2.75) is 58.5 Å². The molecule has 0 amide bonds. The molecule has 0 saturated heterocycles. The molecule has 0 radical (unpaired) electrons. The Morgan fingerprint density at radius 3 is 2.26 bits per heavy atom. The monoisotopic (exact) mass is 260 g/mol. The summed E-state index contributed by atoms with van der Waals surface area (Å²) < 4.78 is 0. The molecule has 0 aromatic heterocycles. The maximum atomic E-state index is 12.4. The minimum atomic E-state index is -1.08. The Morgan fingerprint density at radius 1 is 1.21 bits per heavy atom. The quantitative estimate of drug-likeness (QED) is 0.905. The van der Waals surface area contributed by atoms with Crippen molar-refractivity contribution in [3.63, 3.8) is 0 Å². The number of rotatable bonds is 3. The van der Waals surface area contributed by atoms with Crippen molar-refractivity contribution in [3.8, 4) is 0 Å². The lowest BCUT2D eigenvalue weighted by molar-refractivity contribution is -0.140. The van der Waals surface area contributed by atoms with Gasteiger partial charge in [0.05, 0.1) is 0 Å². The van der Waals surface area contributed by atoms with Crippen LogP contribution >= 0.6 is 0 Å². The van der Waals surface area contributed by atoms with Crippen molar-refractivity contribution in [1.82, 2.24) is 0 Å². The molecule has 0 unspecified atom stereocenters. The van der Waals surface area contributed by atoms with Gasteiger partial charge in [0, 0.05) is 6.42 Å². The maximum Gasteiger partial charge on any atom is 0.168 e. The van der Waals surface area contributed by atoms with Gasteiger partial charge in [0.25, 0.3) is 0 Å². The van der Waals surface area contributed by atoms with E-state index >= 15 is 0 Å². The van der Waals surface area contributed by atoms with Gasteiger partial charge in [-0.1, -0.05) is 36.2 Å². The Morgan fingerprint density at radius 2 is 1.74 bits per heavy atom. The van der Waals surface area contributed by atoms with Crippen LogP contribution in [0, 0.1) is 19.8 Å². The fourth-order valence-electron chi connectivity index (χ4n) is 3.04. The second-order valence-corrected chi connectivity index (χ2v) is 6.31. The summed E-state index contributed by atoms with van der Waals surface area (Å²) in [6.45, 7) is 6.27. The van der Waals surface area contributed by atoms with Gasteiger partial charge in [-0.2, -0.15) is 0 Å². The zero-order valence-electron chi connectivity index (χ0n) is 12.2. The highest BCUT2D eigenvalue weighted by molar-refractivity contribution is 5.89. The lowest BCUT2D eigenvalue weighted by atomic mass is 9.76. The number of aliphatic hydroxyl groups is 1. The van der Waals surface area contributed by atoms with Gasteiger partial charge in [-0.3, -0.25) is 4.79 Å². The van der Waals surface area contributed by atoms with E-state index in [1.807, 2.05) is 26.0 Å². The third kappa shape index (κ3) is 3.44. The highest BCUT2D eigenvalue weighted by Gasteiger charge is 2.38. The zero-order chi connectivity index (χ0) is 14.0. The van der Waals surface area contributed by atoms with E-state index in [9.17, 15) is 9.90 Å². The second kappa shape index (κ2) is 5.46. The molecule has 104 valence electrons. The Balaban J connectivity index is 2.08. The molecule has 1 aromatic rings. The smallest absolute Gasteiger partial charge is 0.168 e. The van der Waals surface area contributed by atoms with Crippen LogP contribution in [0.3, 0.4) is 0 Å². The summed E-state index contributed by atoms with van der Waals surface area (Å²) >= 11 is 0. The molecule has 0 atom stereocenters. The highest BCUT2D eigenvalue weighted by atomic mass is 16.3. The third-order valence-electron chi connectivity index (χ3n) is 4.27. The van der Waals surface area contributed by atoms with E-state index in [2.05, 4.69) is 13.0 Å². The first kappa shape index (κ1) is 14.3. The number of carbonyl (C=O) groups is 1. The van der Waals surface area contributed by atoms with Gasteiger partial charge in [-0.25, -0.2) is 0 Å². The van der Waals surface area contributed by atoms with Gasteiger partial charge in [0.1, 0.15) is 5.60 Å². The first-order chi connectivity index (χ1) is 8.89. The van der Waals surface area contributed by atoms with Crippen LogP contribution in [0.5, 0.6) is 0 Å². The topological polar surface area (TPSA) is 37.3 Å². The molecule has 0 heterocycles. The summed E-state index contributed by atoms with van der Waals surface area (Å²) in [5, 5.41) is 10.5. The lowest BCUT2D eigenvalue weighted by Crippen LogP contribution is -2.42. The molecule has 1 N–H and O–H groups in total. The van der Waals surface area contributed by atoms with E-state index in [1.54, 1.807) is 0 Å². The van der Waals surface area contributed by atoms with Crippen LogP contribution in [-0.4, -0.2) is 16.5 Å². The van der Waals surface area contributed by atoms with Gasteiger partial charge in [-0.05, 0) is 51.0 Å². The number of aryl methyl sites for hydroxylation is 2. The minimum Gasteiger partial charge on any atom is -0.382 e. The second-order valence-electron chi connectivity index (χ2n) is 6.31. The van der Waals surface area contributed by atoms with Crippen molar-refractivity contribution >= 4 is 5.78 Å². The molecule has 2 heteroatoms. The maximum absolute atomic E-state index is 12.4. The largest absolute Gasteiger partial charge is 0.382 e. The molecule has 2 nitrogen and oxygen atoms in total. The molecule has 1 aromatic carbocycles. The molecule has 0 aliphatic heterocycles. The third-order valence-corrected chi connectivity index (χ3v) is 4.27. The number of carbonyl (C=O) groups excluding carboxylic acids is 1. The van der Waals surface area contributed by atoms with Crippen molar-refractivity contribution < 1.29 is 9.90 Å². The average molecular weight is 260 g/mol. The van der Waals surface area contributed by atoms with Crippen LogP contribution in [0.4, 0.5) is 0 Å². The number of hydrogen-bond acceptors (Lipinski definition) is 2. The zero-order valence-corrected chi connectivity index (χ0v) is 12.2. The predicted molar refractivity (Wildman–Crippen MR) is 77.2 cm³/mol. The fourth-order valence-corrected chi connectivity index (χ4v) is 3.04. The Hall–Kier alpha value is -1.15. The van der Waals surface area contributed by atoms with Gasteiger partial charge in [0.15, 0.2) is 5.78 Å². The summed E-state index contributed by atoms with van der Waals surface area (Å²) in [6, 6.07) is 6.18. The SMILES string of the molecule is Cc1cc(C)cc(CC(=O)C2(O)CCC(C)CC2)c1. The van der Waals surface area contributed by atoms with Crippen molar-refractivity contribution in [2.24, 2.45) is 5.92 Å². The van der Waals surface area contributed by atoms with Crippen molar-refractivity contribution in [3.05, 3.63) is 34.9 Å². The Bertz CT molecular complexity index is 448. The van der Waals surface area contributed by atoms with Gasteiger partial charge in [0.2, 0.25) is 0 Å². The number of benzene rings is 1. The van der Waals surface area contributed by atoms with Gasteiger partial charge < -0.3 is 5.11 Å².